The molecule has 1 aromatic carbocycles. The number of piperidine rings is 2. The smallest absolute Gasteiger partial charge is 0.222 e. The van der Waals surface area contributed by atoms with Gasteiger partial charge in [0.15, 0.2) is 0 Å². The maximum absolute atomic E-state index is 12.5. The Morgan fingerprint density at radius 3 is 2.52 bits per heavy atom. The second kappa shape index (κ2) is 8.07. The molecule has 0 unspecified atom stereocenters. The van der Waals surface area contributed by atoms with E-state index in [1.165, 1.54) is 19.3 Å². The van der Waals surface area contributed by atoms with Crippen molar-refractivity contribution in [1.82, 2.24) is 9.80 Å². The first-order chi connectivity index (χ1) is 12.0. The molecule has 0 spiro atoms. The van der Waals surface area contributed by atoms with Gasteiger partial charge in [-0.2, -0.15) is 0 Å². The molecule has 0 aliphatic carbocycles. The number of carbonyl (C=O) groups is 1. The molecule has 1 atom stereocenters. The summed E-state index contributed by atoms with van der Waals surface area (Å²) in [4.78, 5) is 16.9. The van der Waals surface area contributed by atoms with Gasteiger partial charge in [-0.25, -0.2) is 0 Å². The van der Waals surface area contributed by atoms with Crippen molar-refractivity contribution in [2.24, 2.45) is 0 Å². The minimum atomic E-state index is -0.842. The van der Waals surface area contributed by atoms with Crippen LogP contribution in [0.25, 0.3) is 0 Å². The van der Waals surface area contributed by atoms with Crippen LogP contribution in [0.2, 0.25) is 5.02 Å². The van der Waals surface area contributed by atoms with Crippen LogP contribution in [-0.2, 0) is 10.4 Å². The SMILES string of the molecule is CN1CCCC[C@H]1CCC(=O)N1CCC(O)(c2ccc(Cl)cc2)CC1. The van der Waals surface area contributed by atoms with Crippen LogP contribution in [0.4, 0.5) is 0 Å². The van der Waals surface area contributed by atoms with Gasteiger partial charge in [-0.3, -0.25) is 4.79 Å². The monoisotopic (exact) mass is 364 g/mol. The van der Waals surface area contributed by atoms with Crippen molar-refractivity contribution in [3.63, 3.8) is 0 Å². The van der Waals surface area contributed by atoms with E-state index < -0.39 is 5.60 Å². The summed E-state index contributed by atoms with van der Waals surface area (Å²) in [6.45, 7) is 2.40. The van der Waals surface area contributed by atoms with Crippen molar-refractivity contribution >= 4 is 17.5 Å². The molecule has 1 amide bonds. The van der Waals surface area contributed by atoms with Gasteiger partial charge in [-0.15, -0.1) is 0 Å². The van der Waals surface area contributed by atoms with Crippen LogP contribution in [0, 0.1) is 0 Å². The lowest BCUT2D eigenvalue weighted by Gasteiger charge is -2.39. The summed E-state index contributed by atoms with van der Waals surface area (Å²) in [5.41, 5.74) is 0.0538. The molecular weight excluding hydrogens is 336 g/mol. The summed E-state index contributed by atoms with van der Waals surface area (Å²) in [6, 6.07) is 7.95. The number of carbonyl (C=O) groups excluding carboxylic acids is 1. The van der Waals surface area contributed by atoms with Crippen LogP contribution in [0.1, 0.15) is 50.5 Å². The average molecular weight is 365 g/mol. The van der Waals surface area contributed by atoms with Crippen molar-refractivity contribution in [3.05, 3.63) is 34.9 Å². The van der Waals surface area contributed by atoms with Crippen LogP contribution in [0.15, 0.2) is 24.3 Å². The van der Waals surface area contributed by atoms with E-state index in [0.717, 1.165) is 18.5 Å². The maximum atomic E-state index is 12.5. The van der Waals surface area contributed by atoms with E-state index in [2.05, 4.69) is 11.9 Å². The topological polar surface area (TPSA) is 43.8 Å². The summed E-state index contributed by atoms with van der Waals surface area (Å²) < 4.78 is 0. The Labute approximate surface area is 155 Å². The fraction of sp³-hybridized carbons (Fsp3) is 0.650. The number of benzene rings is 1. The minimum absolute atomic E-state index is 0.233. The van der Waals surface area contributed by atoms with Crippen molar-refractivity contribution < 1.29 is 9.90 Å². The quantitative estimate of drug-likeness (QED) is 0.890. The standard InChI is InChI=1S/C20H29ClN2O2/c1-22-13-3-2-4-18(22)9-10-19(24)23-14-11-20(25,12-15-23)16-5-7-17(21)8-6-16/h5-8,18,25H,2-4,9-15H2,1H3/t18-/m0/s1. The molecule has 138 valence electrons. The number of hydrogen-bond donors (Lipinski definition) is 1. The Bertz CT molecular complexity index is 582. The predicted molar refractivity (Wildman–Crippen MR) is 101 cm³/mol. The number of halogens is 1. The van der Waals surface area contributed by atoms with Gasteiger partial charge in [-0.1, -0.05) is 30.2 Å². The Balaban J connectivity index is 1.49. The zero-order valence-electron chi connectivity index (χ0n) is 15.1. The summed E-state index contributed by atoms with van der Waals surface area (Å²) in [5, 5.41) is 11.6. The molecule has 3 rings (SSSR count). The highest BCUT2D eigenvalue weighted by atomic mass is 35.5. The second-order valence-electron chi connectivity index (χ2n) is 7.59. The highest BCUT2D eigenvalue weighted by Gasteiger charge is 2.35. The lowest BCUT2D eigenvalue weighted by atomic mass is 9.84. The maximum Gasteiger partial charge on any atom is 0.222 e. The summed E-state index contributed by atoms with van der Waals surface area (Å²) in [5.74, 6) is 0.233. The summed E-state index contributed by atoms with van der Waals surface area (Å²) in [7, 11) is 2.17. The largest absolute Gasteiger partial charge is 0.385 e. The third kappa shape index (κ3) is 4.55. The highest BCUT2D eigenvalue weighted by Crippen LogP contribution is 2.33. The van der Waals surface area contributed by atoms with Crippen molar-refractivity contribution in [2.45, 2.75) is 56.6 Å². The van der Waals surface area contributed by atoms with Gasteiger partial charge in [0, 0.05) is 30.6 Å². The lowest BCUT2D eigenvalue weighted by molar-refractivity contribution is -0.136. The predicted octanol–water partition coefficient (Wildman–Crippen LogP) is 3.41. The molecule has 2 saturated heterocycles. The Hall–Kier alpha value is -1.10. The Morgan fingerprint density at radius 2 is 1.88 bits per heavy atom. The minimum Gasteiger partial charge on any atom is -0.385 e. The van der Waals surface area contributed by atoms with Crippen molar-refractivity contribution in [3.8, 4) is 0 Å². The van der Waals surface area contributed by atoms with Crippen molar-refractivity contribution in [2.75, 3.05) is 26.7 Å². The molecule has 0 saturated carbocycles. The molecule has 0 radical (unpaired) electrons. The van der Waals surface area contributed by atoms with E-state index in [4.69, 9.17) is 11.6 Å². The number of aliphatic hydroxyl groups is 1. The molecule has 2 aliphatic rings. The van der Waals surface area contributed by atoms with Gasteiger partial charge >= 0.3 is 0 Å². The van der Waals surface area contributed by atoms with E-state index >= 15 is 0 Å². The zero-order valence-corrected chi connectivity index (χ0v) is 15.8. The third-order valence-corrected chi connectivity index (χ3v) is 6.19. The Morgan fingerprint density at radius 1 is 1.20 bits per heavy atom. The second-order valence-corrected chi connectivity index (χ2v) is 8.02. The van der Waals surface area contributed by atoms with Crippen LogP contribution in [-0.4, -0.2) is 53.5 Å². The molecule has 25 heavy (non-hydrogen) atoms. The highest BCUT2D eigenvalue weighted by molar-refractivity contribution is 6.30. The van der Waals surface area contributed by atoms with Crippen molar-refractivity contribution in [1.29, 1.82) is 0 Å². The number of nitrogens with zero attached hydrogens (tertiary/aromatic N) is 2. The average Bonchev–Trinajstić information content (AvgIpc) is 2.62. The fourth-order valence-electron chi connectivity index (χ4n) is 4.13. The molecule has 2 aliphatic heterocycles. The lowest BCUT2D eigenvalue weighted by Crippen LogP contribution is -2.45. The van der Waals surface area contributed by atoms with E-state index in [9.17, 15) is 9.90 Å². The van der Waals surface area contributed by atoms with Crippen LogP contribution in [0.5, 0.6) is 0 Å². The van der Waals surface area contributed by atoms with Crippen LogP contribution < -0.4 is 0 Å². The molecule has 5 heteroatoms. The normalized spacial score (nSPS) is 24.3. The first kappa shape index (κ1) is 18.7. The van der Waals surface area contributed by atoms with E-state index in [-0.39, 0.29) is 5.91 Å². The molecule has 4 nitrogen and oxygen atoms in total. The van der Waals surface area contributed by atoms with Gasteiger partial charge < -0.3 is 14.9 Å². The van der Waals surface area contributed by atoms with Gasteiger partial charge in [-0.05, 0) is 63.4 Å². The molecule has 0 aromatic heterocycles. The summed E-state index contributed by atoms with van der Waals surface area (Å²) >= 11 is 5.93. The molecule has 2 fully saturated rings. The van der Waals surface area contributed by atoms with Crippen LogP contribution >= 0.6 is 11.6 Å². The molecular formula is C20H29ClN2O2. The number of amides is 1. The zero-order chi connectivity index (χ0) is 17.9. The van der Waals surface area contributed by atoms with Gasteiger partial charge in [0.25, 0.3) is 0 Å². The number of rotatable bonds is 4. The van der Waals surface area contributed by atoms with E-state index in [1.54, 1.807) is 0 Å². The van der Waals surface area contributed by atoms with E-state index in [1.807, 2.05) is 29.2 Å². The van der Waals surface area contributed by atoms with Gasteiger partial charge in [0.1, 0.15) is 0 Å². The molecule has 1 aromatic rings. The molecule has 2 heterocycles. The van der Waals surface area contributed by atoms with Gasteiger partial charge in [0.05, 0.1) is 5.60 Å². The molecule has 0 bridgehead atoms. The first-order valence-corrected chi connectivity index (χ1v) is 9.82. The summed E-state index contributed by atoms with van der Waals surface area (Å²) in [6.07, 6.45) is 6.51. The van der Waals surface area contributed by atoms with E-state index in [0.29, 0.717) is 43.4 Å². The Kier molecular flexibility index (Phi) is 6.03. The van der Waals surface area contributed by atoms with Crippen LogP contribution in [0.3, 0.4) is 0 Å². The fourth-order valence-corrected chi connectivity index (χ4v) is 4.26. The first-order valence-electron chi connectivity index (χ1n) is 9.44. The number of hydrogen-bond acceptors (Lipinski definition) is 3. The third-order valence-electron chi connectivity index (χ3n) is 5.94. The molecule has 1 N–H and O–H groups in total. The van der Waals surface area contributed by atoms with Gasteiger partial charge in [0.2, 0.25) is 5.91 Å². The number of likely N-dealkylation sites (tertiary alicyclic amines) is 2.